The van der Waals surface area contributed by atoms with Crippen molar-refractivity contribution in [1.82, 2.24) is 9.38 Å². The lowest BCUT2D eigenvalue weighted by Crippen LogP contribution is -2.20. The summed E-state index contributed by atoms with van der Waals surface area (Å²) in [6, 6.07) is 10.9. The lowest BCUT2D eigenvalue weighted by atomic mass is 9.92. The van der Waals surface area contributed by atoms with Crippen LogP contribution in [0.2, 0.25) is 0 Å². The first-order valence-corrected chi connectivity index (χ1v) is 8.65. The third-order valence-electron chi connectivity index (χ3n) is 3.82. The molecule has 0 saturated carbocycles. The highest BCUT2D eigenvalue weighted by molar-refractivity contribution is 5.94. The molecule has 3 rings (SSSR count). The summed E-state index contributed by atoms with van der Waals surface area (Å²) in [7, 11) is 0. The molecule has 0 aliphatic heterocycles. The Morgan fingerprint density at radius 3 is 2.57 bits per heavy atom. The van der Waals surface area contributed by atoms with E-state index in [4.69, 9.17) is 0 Å². The third kappa shape index (κ3) is 4.82. The first-order chi connectivity index (χ1) is 13.0. The molecule has 2 heterocycles. The molecule has 1 aromatic carbocycles. The maximum absolute atomic E-state index is 12.6. The van der Waals surface area contributed by atoms with Crippen LogP contribution in [0.3, 0.4) is 0 Å². The predicted molar refractivity (Wildman–Crippen MR) is 100 cm³/mol. The Bertz CT molecular complexity index is 1000. The second-order valence-corrected chi connectivity index (χ2v) is 7.60. The minimum atomic E-state index is -4.79. The van der Waals surface area contributed by atoms with Crippen LogP contribution in [0.15, 0.2) is 48.7 Å². The van der Waals surface area contributed by atoms with E-state index in [0.717, 1.165) is 0 Å². The minimum absolute atomic E-state index is 0.218. The van der Waals surface area contributed by atoms with Gasteiger partial charge in [0.15, 0.2) is 5.82 Å². The van der Waals surface area contributed by atoms with E-state index < -0.39 is 6.36 Å². The highest BCUT2D eigenvalue weighted by Crippen LogP contribution is 2.33. The Morgan fingerprint density at radius 1 is 1.14 bits per heavy atom. The monoisotopic (exact) mass is 391 g/mol. The predicted octanol–water partition coefficient (Wildman–Crippen LogP) is 5.27. The average molecular weight is 391 g/mol. The highest BCUT2D eigenvalue weighted by atomic mass is 19.4. The van der Waals surface area contributed by atoms with Crippen molar-refractivity contribution in [1.29, 1.82) is 0 Å². The SMILES string of the molecule is CC(C)(C)CC(=O)Nc1nc2ccccn2c1-c1cccc(OC(F)(F)F)c1. The normalized spacial score (nSPS) is 12.2. The van der Waals surface area contributed by atoms with Gasteiger partial charge >= 0.3 is 6.36 Å². The van der Waals surface area contributed by atoms with E-state index in [1.807, 2.05) is 20.8 Å². The van der Waals surface area contributed by atoms with Crippen molar-refractivity contribution in [2.45, 2.75) is 33.6 Å². The smallest absolute Gasteiger partial charge is 0.406 e. The van der Waals surface area contributed by atoms with Crippen LogP contribution in [-0.4, -0.2) is 21.7 Å². The number of carbonyl (C=O) groups is 1. The van der Waals surface area contributed by atoms with Crippen molar-refractivity contribution in [2.24, 2.45) is 5.41 Å². The Hall–Kier alpha value is -3.03. The fourth-order valence-corrected chi connectivity index (χ4v) is 2.86. The summed E-state index contributed by atoms with van der Waals surface area (Å²) in [5.41, 5.74) is 1.26. The van der Waals surface area contributed by atoms with Gasteiger partial charge in [-0.1, -0.05) is 39.0 Å². The van der Waals surface area contributed by atoms with Crippen LogP contribution in [0.4, 0.5) is 19.0 Å². The number of hydrogen-bond donors (Lipinski definition) is 1. The van der Waals surface area contributed by atoms with Crippen molar-refractivity contribution in [3.63, 3.8) is 0 Å². The molecule has 0 fully saturated rings. The van der Waals surface area contributed by atoms with Crippen molar-refractivity contribution >= 4 is 17.4 Å². The zero-order valence-corrected chi connectivity index (χ0v) is 15.7. The Morgan fingerprint density at radius 2 is 1.89 bits per heavy atom. The largest absolute Gasteiger partial charge is 0.573 e. The minimum Gasteiger partial charge on any atom is -0.406 e. The van der Waals surface area contributed by atoms with Crippen molar-refractivity contribution in [3.8, 4) is 17.0 Å². The molecule has 0 radical (unpaired) electrons. The molecule has 28 heavy (non-hydrogen) atoms. The second kappa shape index (κ2) is 7.18. The summed E-state index contributed by atoms with van der Waals surface area (Å²) >= 11 is 0. The van der Waals surface area contributed by atoms with Gasteiger partial charge in [0.1, 0.15) is 11.4 Å². The molecule has 148 valence electrons. The standard InChI is InChI=1S/C20H20F3N3O2/c1-19(2,3)12-16(27)25-18-17(26-10-5-4-9-15(26)24-18)13-7-6-8-14(11-13)28-20(21,22)23/h4-11H,12H2,1-3H3,(H,25,27). The van der Waals surface area contributed by atoms with Crippen LogP contribution < -0.4 is 10.1 Å². The van der Waals surface area contributed by atoms with E-state index in [0.29, 0.717) is 16.9 Å². The van der Waals surface area contributed by atoms with Gasteiger partial charge in [-0.3, -0.25) is 9.20 Å². The number of benzene rings is 1. The van der Waals surface area contributed by atoms with Gasteiger partial charge in [-0.2, -0.15) is 0 Å². The van der Waals surface area contributed by atoms with E-state index in [1.54, 1.807) is 34.9 Å². The maximum atomic E-state index is 12.6. The molecular formula is C20H20F3N3O2. The fourth-order valence-electron chi connectivity index (χ4n) is 2.86. The molecule has 8 heteroatoms. The van der Waals surface area contributed by atoms with Crippen LogP contribution in [0, 0.1) is 5.41 Å². The molecule has 3 aromatic rings. The van der Waals surface area contributed by atoms with Gasteiger partial charge in [0.25, 0.3) is 0 Å². The summed E-state index contributed by atoms with van der Waals surface area (Å²) in [4.78, 5) is 16.8. The first kappa shape index (κ1) is 19.7. The molecule has 5 nitrogen and oxygen atoms in total. The van der Waals surface area contributed by atoms with Gasteiger partial charge in [0.05, 0.1) is 5.69 Å². The second-order valence-electron chi connectivity index (χ2n) is 7.60. The van der Waals surface area contributed by atoms with Gasteiger partial charge in [-0.05, 0) is 29.7 Å². The van der Waals surface area contributed by atoms with Crippen LogP contribution in [0.1, 0.15) is 27.2 Å². The van der Waals surface area contributed by atoms with E-state index in [2.05, 4.69) is 15.0 Å². The number of imidazole rings is 1. The number of alkyl halides is 3. The number of rotatable bonds is 4. The lowest BCUT2D eigenvalue weighted by Gasteiger charge is -2.17. The number of halogens is 3. The number of nitrogens with one attached hydrogen (secondary N) is 1. The molecule has 0 aliphatic rings. The van der Waals surface area contributed by atoms with Gasteiger partial charge in [-0.15, -0.1) is 13.2 Å². The summed E-state index contributed by atoms with van der Waals surface area (Å²) in [6.07, 6.45) is -2.78. The van der Waals surface area contributed by atoms with E-state index in [9.17, 15) is 18.0 Å². The molecular weight excluding hydrogens is 371 g/mol. The molecule has 0 spiro atoms. The molecule has 2 aromatic heterocycles. The maximum Gasteiger partial charge on any atom is 0.573 e. The number of pyridine rings is 1. The fraction of sp³-hybridized carbons (Fsp3) is 0.300. The van der Waals surface area contributed by atoms with Crippen molar-refractivity contribution in [2.75, 3.05) is 5.32 Å². The van der Waals surface area contributed by atoms with Crippen LogP contribution in [0.5, 0.6) is 5.75 Å². The molecule has 0 bridgehead atoms. The molecule has 0 unspecified atom stereocenters. The van der Waals surface area contributed by atoms with E-state index in [-0.39, 0.29) is 29.3 Å². The number of nitrogens with zero attached hydrogens (tertiary/aromatic N) is 2. The number of hydrogen-bond acceptors (Lipinski definition) is 3. The molecule has 1 amide bonds. The van der Waals surface area contributed by atoms with Crippen LogP contribution >= 0.6 is 0 Å². The molecule has 1 N–H and O–H groups in total. The lowest BCUT2D eigenvalue weighted by molar-refractivity contribution is -0.274. The first-order valence-electron chi connectivity index (χ1n) is 8.65. The number of amides is 1. The Labute approximate surface area is 160 Å². The highest BCUT2D eigenvalue weighted by Gasteiger charge is 2.31. The number of fused-ring (bicyclic) bond motifs is 1. The quantitative estimate of drug-likeness (QED) is 0.659. The van der Waals surface area contributed by atoms with Gasteiger partial charge < -0.3 is 10.1 Å². The zero-order valence-electron chi connectivity index (χ0n) is 15.7. The Balaban J connectivity index is 2.05. The Kier molecular flexibility index (Phi) is 5.06. The van der Waals surface area contributed by atoms with E-state index in [1.165, 1.54) is 18.2 Å². The van der Waals surface area contributed by atoms with Crippen LogP contribution in [-0.2, 0) is 4.79 Å². The van der Waals surface area contributed by atoms with E-state index >= 15 is 0 Å². The zero-order chi connectivity index (χ0) is 20.5. The number of ether oxygens (including phenoxy) is 1. The van der Waals surface area contributed by atoms with Gasteiger partial charge in [-0.25, -0.2) is 4.98 Å². The van der Waals surface area contributed by atoms with Gasteiger partial charge in [0.2, 0.25) is 5.91 Å². The topological polar surface area (TPSA) is 55.6 Å². The summed E-state index contributed by atoms with van der Waals surface area (Å²) in [5.74, 6) is -0.285. The number of aromatic nitrogens is 2. The summed E-state index contributed by atoms with van der Waals surface area (Å²) in [6.45, 7) is 5.82. The summed E-state index contributed by atoms with van der Waals surface area (Å²) < 4.78 is 43.5. The van der Waals surface area contributed by atoms with Crippen molar-refractivity contribution in [3.05, 3.63) is 48.7 Å². The van der Waals surface area contributed by atoms with Crippen molar-refractivity contribution < 1.29 is 22.7 Å². The third-order valence-corrected chi connectivity index (χ3v) is 3.82. The van der Waals surface area contributed by atoms with Crippen LogP contribution in [0.25, 0.3) is 16.9 Å². The molecule has 0 atom stereocenters. The number of anilines is 1. The average Bonchev–Trinajstić information content (AvgIpc) is 2.89. The summed E-state index contributed by atoms with van der Waals surface area (Å²) in [5, 5.41) is 2.79. The molecule has 0 aliphatic carbocycles. The molecule has 0 saturated heterocycles. The number of carbonyl (C=O) groups excluding carboxylic acids is 1. The van der Waals surface area contributed by atoms with Gasteiger partial charge in [0, 0.05) is 18.2 Å².